The Morgan fingerprint density at radius 1 is 0.845 bits per heavy atom. The average Bonchev–Trinajstić information content (AvgIpc) is 4.02. The van der Waals surface area contributed by atoms with Crippen LogP contribution < -0.4 is 24.0 Å². The molecule has 1 amide bonds. The fourth-order valence-corrected chi connectivity index (χ4v) is 10.5. The molecular weight excluding hydrogens is 956 g/mol. The molecule has 0 spiro atoms. The summed E-state index contributed by atoms with van der Waals surface area (Å²) in [7, 11) is 1.02. The zero-order valence-electron chi connectivity index (χ0n) is 42.5. The van der Waals surface area contributed by atoms with Crippen molar-refractivity contribution in [2.45, 2.75) is 129 Å². The van der Waals surface area contributed by atoms with Crippen molar-refractivity contribution in [3.05, 3.63) is 93.8 Å². The zero-order chi connectivity index (χ0) is 51.4. The van der Waals surface area contributed by atoms with Gasteiger partial charge in [-0.2, -0.15) is 23.1 Å². The third kappa shape index (κ3) is 11.3. The molecule has 0 radical (unpaired) electrons. The number of hydrogen-bond donors (Lipinski definition) is 0. The van der Waals surface area contributed by atoms with Crippen LogP contribution in [0.25, 0.3) is 22.2 Å². The fraction of sp³-hybridized carbons (Fsp3) is 0.509. The smallest absolute Gasteiger partial charge is 0.418 e. The van der Waals surface area contributed by atoms with E-state index >= 15 is 17.6 Å². The van der Waals surface area contributed by atoms with Crippen molar-refractivity contribution in [1.29, 1.82) is 0 Å². The molecular formula is C53H65ClF4N6O6Si. The van der Waals surface area contributed by atoms with Crippen LogP contribution in [0.2, 0.25) is 23.2 Å². The molecule has 71 heavy (non-hydrogen) atoms. The van der Waals surface area contributed by atoms with E-state index in [4.69, 9.17) is 44.9 Å². The molecule has 4 heterocycles. The standard InChI is InChI=1S/C53H65ClF4N6O6Si/c1-32-24-41(62(26-33-12-18-37(66-8)19-13-33)27-34-14-20-38(67-9)21-15-34)59-46(43(32)53(56,57)58)42-40(54)25-39-45(44(42)55)60-48(68-30-52(22-23-52)31-69-71(10,11)51(5,6)7)61-47(39)63-28-35-16-17-36(29-63)64(35)49(65)70-50(2,3)4/h12-15,18-21,24-25,35-36H,16-17,22-23,26-31H2,1-11H3. The summed E-state index contributed by atoms with van der Waals surface area (Å²) >= 11 is 7.08. The van der Waals surface area contributed by atoms with Gasteiger partial charge in [-0.25, -0.2) is 14.2 Å². The fourth-order valence-electron chi connectivity index (χ4n) is 9.12. The first-order valence-electron chi connectivity index (χ1n) is 24.1. The van der Waals surface area contributed by atoms with Crippen LogP contribution in [0.15, 0.2) is 60.7 Å². The summed E-state index contributed by atoms with van der Waals surface area (Å²) in [6, 6.07) is 16.8. The van der Waals surface area contributed by atoms with E-state index in [0.717, 1.165) is 24.0 Å². The number of rotatable bonds is 15. The van der Waals surface area contributed by atoms with Gasteiger partial charge in [0.05, 0.1) is 54.8 Å². The number of anilines is 2. The minimum absolute atomic E-state index is 0.00596. The Kier molecular flexibility index (Phi) is 14.3. The number of amides is 1. The number of nitrogens with zero attached hydrogens (tertiary/aromatic N) is 6. The molecule has 1 aliphatic carbocycles. The van der Waals surface area contributed by atoms with Gasteiger partial charge in [-0.1, -0.05) is 56.6 Å². The van der Waals surface area contributed by atoms with Gasteiger partial charge in [-0.15, -0.1) is 0 Å². The second-order valence-corrected chi connectivity index (χ2v) is 27.1. The number of pyridine rings is 1. The van der Waals surface area contributed by atoms with E-state index in [1.165, 1.54) is 19.1 Å². The molecule has 1 saturated carbocycles. The molecule has 0 N–H and O–H groups in total. The Balaban J connectivity index is 1.24. The summed E-state index contributed by atoms with van der Waals surface area (Å²) in [5.41, 5.74) is -2.18. The van der Waals surface area contributed by atoms with Gasteiger partial charge >= 0.3 is 18.3 Å². The third-order valence-corrected chi connectivity index (χ3v) is 19.1. The van der Waals surface area contributed by atoms with E-state index in [1.54, 1.807) is 43.4 Å². The number of methoxy groups -OCH3 is 2. The minimum atomic E-state index is -4.96. The monoisotopic (exact) mass is 1020 g/mol. The van der Waals surface area contributed by atoms with Crippen molar-refractivity contribution in [1.82, 2.24) is 19.9 Å². The molecule has 2 aliphatic heterocycles. The summed E-state index contributed by atoms with van der Waals surface area (Å²) in [6.07, 6.45) is -2.26. The van der Waals surface area contributed by atoms with Crippen LogP contribution in [0, 0.1) is 18.2 Å². The molecule has 5 aromatic rings. The lowest BCUT2D eigenvalue weighted by atomic mass is 9.98. The predicted octanol–water partition coefficient (Wildman–Crippen LogP) is 12.8. The SMILES string of the molecule is COc1ccc(CN(Cc2ccc(OC)cc2)c2cc(C)c(C(F)(F)F)c(-c3c(Cl)cc4c(N5CC6CCC(C5)N6C(=O)OC(C)(C)C)nc(OCC5(CO[Si](C)(C)C(C)(C)C)CC5)nc4c3F)n2)cc1. The molecule has 2 bridgehead atoms. The van der Waals surface area contributed by atoms with Crippen molar-refractivity contribution in [2.24, 2.45) is 5.41 Å². The molecule has 2 atom stereocenters. The van der Waals surface area contributed by atoms with Gasteiger partial charge in [0, 0.05) is 43.6 Å². The van der Waals surface area contributed by atoms with Crippen LogP contribution in [0.3, 0.4) is 0 Å². The van der Waals surface area contributed by atoms with Crippen molar-refractivity contribution in [3.8, 4) is 28.8 Å². The van der Waals surface area contributed by atoms with Crippen LogP contribution in [0.4, 0.5) is 34.0 Å². The van der Waals surface area contributed by atoms with E-state index in [2.05, 4.69) is 38.8 Å². The number of aryl methyl sites for hydroxylation is 1. The lowest BCUT2D eigenvalue weighted by molar-refractivity contribution is -0.137. The highest BCUT2D eigenvalue weighted by atomic mass is 35.5. The Hall–Kier alpha value is -5.39. The number of alkyl halides is 3. The maximum Gasteiger partial charge on any atom is 0.418 e. The summed E-state index contributed by atoms with van der Waals surface area (Å²) < 4.78 is 93.9. The van der Waals surface area contributed by atoms with Crippen molar-refractivity contribution < 1.29 is 45.7 Å². The number of piperazine rings is 1. The largest absolute Gasteiger partial charge is 0.497 e. The van der Waals surface area contributed by atoms with Crippen LogP contribution in [0.1, 0.15) is 89.5 Å². The molecule has 2 saturated heterocycles. The average molecular weight is 1020 g/mol. The van der Waals surface area contributed by atoms with Gasteiger partial charge in [0.1, 0.15) is 34.3 Å². The summed E-state index contributed by atoms with van der Waals surface area (Å²) in [6.45, 7) is 19.5. The van der Waals surface area contributed by atoms with E-state index in [0.29, 0.717) is 49.9 Å². The topological polar surface area (TPSA) is 112 Å². The maximum atomic E-state index is 18.0. The molecule has 8 rings (SSSR count). The molecule has 2 aromatic heterocycles. The molecule has 3 aliphatic rings. The Bertz CT molecular complexity index is 2700. The van der Waals surface area contributed by atoms with Gasteiger partial charge in [0.25, 0.3) is 0 Å². The number of aromatic nitrogens is 3. The number of fused-ring (bicyclic) bond motifs is 3. The van der Waals surface area contributed by atoms with E-state index < -0.39 is 48.8 Å². The molecule has 2 unspecified atom stereocenters. The Morgan fingerprint density at radius 2 is 1.41 bits per heavy atom. The second-order valence-electron chi connectivity index (χ2n) is 21.9. The van der Waals surface area contributed by atoms with Crippen LogP contribution in [-0.4, -0.2) is 92.5 Å². The first-order valence-corrected chi connectivity index (χ1v) is 27.4. The van der Waals surface area contributed by atoms with Crippen molar-refractivity contribution in [3.63, 3.8) is 0 Å². The number of benzene rings is 3. The summed E-state index contributed by atoms with van der Waals surface area (Å²) in [5.74, 6) is 0.625. The predicted molar refractivity (Wildman–Crippen MR) is 271 cm³/mol. The van der Waals surface area contributed by atoms with Gasteiger partial charge in [0.2, 0.25) is 0 Å². The first-order chi connectivity index (χ1) is 33.3. The maximum absolute atomic E-state index is 18.0. The Labute approximate surface area is 420 Å². The highest BCUT2D eigenvalue weighted by Crippen LogP contribution is 2.50. The van der Waals surface area contributed by atoms with Gasteiger partial charge in [-0.05, 0) is 125 Å². The second kappa shape index (κ2) is 19.6. The molecule has 3 fully saturated rings. The Morgan fingerprint density at radius 3 is 1.90 bits per heavy atom. The van der Waals surface area contributed by atoms with Crippen molar-refractivity contribution >= 4 is 48.6 Å². The van der Waals surface area contributed by atoms with Gasteiger partial charge in [0.15, 0.2) is 14.1 Å². The highest BCUT2D eigenvalue weighted by Gasteiger charge is 2.49. The third-order valence-electron chi connectivity index (χ3n) is 14.4. The van der Waals surface area contributed by atoms with E-state index in [-0.39, 0.29) is 75.6 Å². The number of ether oxygens (including phenoxy) is 4. The van der Waals surface area contributed by atoms with Gasteiger partial charge < -0.3 is 33.2 Å². The number of hydrogen-bond acceptors (Lipinski definition) is 11. The van der Waals surface area contributed by atoms with Gasteiger partial charge in [-0.3, -0.25) is 4.90 Å². The number of carbonyl (C=O) groups excluding carboxylic acids is 1. The molecule has 18 heteroatoms. The zero-order valence-corrected chi connectivity index (χ0v) is 44.3. The summed E-state index contributed by atoms with van der Waals surface area (Å²) in [5, 5.41) is -0.137. The minimum Gasteiger partial charge on any atom is -0.497 e. The number of carbonyl (C=O) groups is 1. The van der Waals surface area contributed by atoms with E-state index in [1.807, 2.05) is 54.8 Å². The number of halogens is 5. The van der Waals surface area contributed by atoms with E-state index in [9.17, 15) is 4.79 Å². The molecule has 382 valence electrons. The lowest BCUT2D eigenvalue weighted by Gasteiger charge is -2.42. The van der Waals surface area contributed by atoms with Crippen LogP contribution in [0.5, 0.6) is 17.5 Å². The van der Waals surface area contributed by atoms with Crippen molar-refractivity contribution in [2.75, 3.05) is 50.3 Å². The molecule has 12 nitrogen and oxygen atoms in total. The quantitative estimate of drug-likeness (QED) is 0.0738. The lowest BCUT2D eigenvalue weighted by Crippen LogP contribution is -2.57. The normalized spacial score (nSPS) is 17.9. The first kappa shape index (κ1) is 51.9. The summed E-state index contributed by atoms with van der Waals surface area (Å²) in [4.78, 5) is 33.3. The highest BCUT2D eigenvalue weighted by molar-refractivity contribution is 6.74. The van der Waals surface area contributed by atoms with Crippen LogP contribution in [-0.2, 0) is 28.4 Å². The van der Waals surface area contributed by atoms with Crippen LogP contribution >= 0.6 is 11.6 Å². The molecule has 3 aromatic carbocycles.